The maximum atomic E-state index is 13.5. The first kappa shape index (κ1) is 21.8. The van der Waals surface area contributed by atoms with Gasteiger partial charge in [-0.1, -0.05) is 0 Å². The van der Waals surface area contributed by atoms with Crippen LogP contribution in [0.3, 0.4) is 0 Å². The molecule has 0 radical (unpaired) electrons. The number of nitrogens with zero attached hydrogens (tertiary/aromatic N) is 4. The van der Waals surface area contributed by atoms with Gasteiger partial charge in [-0.15, -0.1) is 0 Å². The van der Waals surface area contributed by atoms with Crippen molar-refractivity contribution < 1.29 is 31.5 Å². The largest absolute Gasteiger partial charge is 0.392 e. The Morgan fingerprint density at radius 3 is 2.52 bits per heavy atom. The lowest BCUT2D eigenvalue weighted by atomic mass is 10.1. The van der Waals surface area contributed by atoms with Crippen molar-refractivity contribution in [2.75, 3.05) is 13.1 Å². The molecule has 2 aliphatic heterocycles. The Morgan fingerprint density at radius 2 is 1.90 bits per heavy atom. The summed E-state index contributed by atoms with van der Waals surface area (Å²) >= 11 is 0. The average molecular weight is 458 g/mol. The predicted octanol–water partition coefficient (Wildman–Crippen LogP) is 1.03. The van der Waals surface area contributed by atoms with Crippen molar-refractivity contribution in [2.45, 2.75) is 49.9 Å². The van der Waals surface area contributed by atoms with Gasteiger partial charge in [0.2, 0.25) is 15.9 Å². The van der Waals surface area contributed by atoms with Crippen LogP contribution in [-0.2, 0) is 34.3 Å². The Labute approximate surface area is 176 Å². The molecule has 0 bridgehead atoms. The van der Waals surface area contributed by atoms with Crippen molar-refractivity contribution in [2.24, 2.45) is 0 Å². The lowest BCUT2D eigenvalue weighted by Gasteiger charge is -2.34. The van der Waals surface area contributed by atoms with Gasteiger partial charge < -0.3 is 10.0 Å². The van der Waals surface area contributed by atoms with Crippen molar-refractivity contribution in [1.29, 1.82) is 0 Å². The SMILES string of the molecule is C[C@H]1Cn2ncc(S(=O)(=O)N3CC[C@H](O)C3)c2CN1C(=O)Cc1cc(F)c(F)c(F)c1. The van der Waals surface area contributed by atoms with Crippen LogP contribution in [0.25, 0.3) is 0 Å². The summed E-state index contributed by atoms with van der Waals surface area (Å²) in [6.45, 7) is 2.12. The summed E-state index contributed by atoms with van der Waals surface area (Å²) in [5.41, 5.74) is 0.302. The molecule has 1 fully saturated rings. The summed E-state index contributed by atoms with van der Waals surface area (Å²) in [5, 5.41) is 13.8. The smallest absolute Gasteiger partial charge is 0.246 e. The second-order valence-corrected chi connectivity index (χ2v) is 9.77. The number of sulfonamides is 1. The number of halogens is 3. The van der Waals surface area contributed by atoms with Crippen molar-refractivity contribution >= 4 is 15.9 Å². The number of fused-ring (bicyclic) bond motifs is 1. The summed E-state index contributed by atoms with van der Waals surface area (Å²) in [6.07, 6.45) is 0.485. The first-order valence-corrected chi connectivity index (χ1v) is 11.2. The number of rotatable bonds is 4. The van der Waals surface area contributed by atoms with E-state index >= 15 is 0 Å². The molecule has 1 saturated heterocycles. The first-order chi connectivity index (χ1) is 14.6. The van der Waals surface area contributed by atoms with Crippen LogP contribution in [0.15, 0.2) is 23.2 Å². The number of β-amino-alcohol motifs (C(OH)–C–C–N with tert-alkyl or cyclic N) is 1. The topological polar surface area (TPSA) is 95.7 Å². The van der Waals surface area contributed by atoms with Crippen LogP contribution < -0.4 is 0 Å². The average Bonchev–Trinajstić information content (AvgIpc) is 3.31. The van der Waals surface area contributed by atoms with E-state index in [1.54, 1.807) is 6.92 Å². The van der Waals surface area contributed by atoms with Crippen molar-refractivity contribution in [3.05, 3.63) is 47.0 Å². The van der Waals surface area contributed by atoms with Gasteiger partial charge in [-0.3, -0.25) is 9.48 Å². The van der Waals surface area contributed by atoms with Gasteiger partial charge in [-0.25, -0.2) is 21.6 Å². The van der Waals surface area contributed by atoms with E-state index in [0.717, 1.165) is 12.1 Å². The zero-order valence-corrected chi connectivity index (χ0v) is 17.4. The lowest BCUT2D eigenvalue weighted by molar-refractivity contribution is -0.134. The summed E-state index contributed by atoms with van der Waals surface area (Å²) in [4.78, 5) is 14.2. The van der Waals surface area contributed by atoms with Crippen LogP contribution in [0.4, 0.5) is 13.2 Å². The minimum absolute atomic E-state index is 0.00625. The molecule has 1 aromatic heterocycles. The molecular weight excluding hydrogens is 437 g/mol. The fraction of sp³-hybridized carbons (Fsp3) is 0.474. The van der Waals surface area contributed by atoms with Gasteiger partial charge in [0.15, 0.2) is 17.5 Å². The van der Waals surface area contributed by atoms with Crippen molar-refractivity contribution in [1.82, 2.24) is 19.0 Å². The summed E-state index contributed by atoms with van der Waals surface area (Å²) in [5.74, 6) is -4.85. The molecule has 0 unspecified atom stereocenters. The Balaban J connectivity index is 1.58. The summed E-state index contributed by atoms with van der Waals surface area (Å²) in [7, 11) is -3.90. The van der Waals surface area contributed by atoms with E-state index in [1.165, 1.54) is 20.1 Å². The Bertz CT molecular complexity index is 1110. The minimum atomic E-state index is -3.90. The highest BCUT2D eigenvalue weighted by Crippen LogP contribution is 2.28. The number of aliphatic hydroxyl groups excluding tert-OH is 1. The number of hydrogen-bond donors (Lipinski definition) is 1. The normalized spacial score (nSPS) is 22.0. The summed E-state index contributed by atoms with van der Waals surface area (Å²) < 4.78 is 68.9. The number of carbonyl (C=O) groups is 1. The lowest BCUT2D eigenvalue weighted by Crippen LogP contribution is -2.46. The van der Waals surface area contributed by atoms with Crippen molar-refractivity contribution in [3.8, 4) is 0 Å². The Hall–Kier alpha value is -2.44. The molecule has 0 saturated carbocycles. The second-order valence-electron chi connectivity index (χ2n) is 7.86. The molecule has 12 heteroatoms. The molecule has 1 N–H and O–H groups in total. The van der Waals surface area contributed by atoms with Crippen LogP contribution in [-0.4, -0.2) is 63.7 Å². The van der Waals surface area contributed by atoms with E-state index in [4.69, 9.17) is 0 Å². The van der Waals surface area contributed by atoms with Crippen LogP contribution in [0.1, 0.15) is 24.6 Å². The quantitative estimate of drug-likeness (QED) is 0.691. The molecular formula is C19H21F3N4O4S. The van der Waals surface area contributed by atoms with Crippen LogP contribution in [0.2, 0.25) is 0 Å². The molecule has 168 valence electrons. The van der Waals surface area contributed by atoms with Crippen LogP contribution >= 0.6 is 0 Å². The number of aromatic nitrogens is 2. The first-order valence-electron chi connectivity index (χ1n) is 9.73. The highest BCUT2D eigenvalue weighted by atomic mass is 32.2. The van der Waals surface area contributed by atoms with E-state index in [2.05, 4.69) is 5.10 Å². The van der Waals surface area contributed by atoms with Gasteiger partial charge in [0.25, 0.3) is 0 Å². The zero-order chi connectivity index (χ0) is 22.5. The number of benzene rings is 1. The van der Waals surface area contributed by atoms with Crippen molar-refractivity contribution in [3.63, 3.8) is 0 Å². The maximum Gasteiger partial charge on any atom is 0.246 e. The molecule has 1 amide bonds. The van der Waals surface area contributed by atoms with Gasteiger partial charge in [0.05, 0.1) is 37.5 Å². The van der Waals surface area contributed by atoms with Crippen LogP contribution in [0.5, 0.6) is 0 Å². The number of amides is 1. The van der Waals surface area contributed by atoms with Gasteiger partial charge in [-0.05, 0) is 31.0 Å². The fourth-order valence-corrected chi connectivity index (χ4v) is 5.62. The zero-order valence-electron chi connectivity index (χ0n) is 16.6. The Kier molecular flexibility index (Phi) is 5.56. The molecule has 2 atom stereocenters. The molecule has 2 aromatic rings. The highest BCUT2D eigenvalue weighted by Gasteiger charge is 2.38. The van der Waals surface area contributed by atoms with Gasteiger partial charge in [-0.2, -0.15) is 9.40 Å². The third kappa shape index (κ3) is 3.94. The number of hydrogen-bond acceptors (Lipinski definition) is 5. The second kappa shape index (κ2) is 7.92. The third-order valence-corrected chi connectivity index (χ3v) is 7.57. The molecule has 31 heavy (non-hydrogen) atoms. The van der Waals surface area contributed by atoms with E-state index in [9.17, 15) is 31.5 Å². The van der Waals surface area contributed by atoms with E-state index in [1.807, 2.05) is 0 Å². The van der Waals surface area contributed by atoms with Crippen LogP contribution in [0, 0.1) is 17.5 Å². The highest BCUT2D eigenvalue weighted by molar-refractivity contribution is 7.89. The number of carbonyl (C=O) groups excluding carboxylic acids is 1. The molecule has 1 aromatic carbocycles. The summed E-state index contributed by atoms with van der Waals surface area (Å²) in [6, 6.07) is 1.19. The van der Waals surface area contributed by atoms with Gasteiger partial charge in [0, 0.05) is 19.1 Å². The third-order valence-electron chi connectivity index (χ3n) is 5.66. The molecule has 0 spiro atoms. The number of aliphatic hydroxyl groups is 1. The standard InChI is InChI=1S/C19H21F3N4O4S/c1-11-8-26-16(17(7-23-26)31(29,30)24-3-2-13(27)9-24)10-25(11)18(28)6-12-4-14(20)19(22)15(21)5-12/h4-5,7,11,13,27H,2-3,6,8-10H2,1H3/t11-,13-/m0/s1. The molecule has 2 aliphatic rings. The van der Waals surface area contributed by atoms with E-state index in [-0.39, 0.29) is 49.1 Å². The van der Waals surface area contributed by atoms with E-state index < -0.39 is 39.5 Å². The Morgan fingerprint density at radius 1 is 1.23 bits per heavy atom. The molecule has 4 rings (SSSR count). The molecule has 8 nitrogen and oxygen atoms in total. The molecule has 0 aliphatic carbocycles. The fourth-order valence-electron chi connectivity index (χ4n) is 3.98. The van der Waals surface area contributed by atoms with E-state index in [0.29, 0.717) is 12.1 Å². The predicted molar refractivity (Wildman–Crippen MR) is 102 cm³/mol. The maximum absolute atomic E-state index is 13.5. The molecule has 3 heterocycles. The van der Waals surface area contributed by atoms with Gasteiger partial charge >= 0.3 is 0 Å². The van der Waals surface area contributed by atoms with Gasteiger partial charge in [0.1, 0.15) is 4.90 Å². The minimum Gasteiger partial charge on any atom is -0.392 e. The monoisotopic (exact) mass is 458 g/mol.